The van der Waals surface area contributed by atoms with E-state index in [4.69, 9.17) is 9.84 Å². The van der Waals surface area contributed by atoms with Crippen LogP contribution in [0.4, 0.5) is 0 Å². The quantitative estimate of drug-likeness (QED) is 0.234. The molecule has 0 aliphatic carbocycles. The van der Waals surface area contributed by atoms with Crippen LogP contribution in [0.15, 0.2) is 0 Å². The van der Waals surface area contributed by atoms with Crippen LogP contribution in [0, 0.1) is 0 Å². The van der Waals surface area contributed by atoms with Crippen molar-refractivity contribution in [3.63, 3.8) is 0 Å². The fourth-order valence-electron chi connectivity index (χ4n) is 2.59. The Hall–Kier alpha value is 0.690. The summed E-state index contributed by atoms with van der Waals surface area (Å²) in [6.45, 7) is 4.15. The summed E-state index contributed by atoms with van der Waals surface area (Å²) in [5, 5.41) is 8.96. The normalized spacial score (nSPS) is 11.8. The van der Waals surface area contributed by atoms with Gasteiger partial charge in [0.25, 0.3) is 0 Å². The van der Waals surface area contributed by atoms with E-state index in [1.165, 1.54) is 84.0 Å². The molecule has 0 fully saturated rings. The SMILES string of the molecule is CCCCCCCCCCCCCCCCOC(=O)C(C)O.[Ca+2].[H-].[H-]. The summed E-state index contributed by atoms with van der Waals surface area (Å²) < 4.78 is 4.92. The maximum absolute atomic E-state index is 11.0. The molecular formula is C19H40CaO3. The number of hydrogen-bond acceptors (Lipinski definition) is 3. The van der Waals surface area contributed by atoms with Gasteiger partial charge in [-0.3, -0.25) is 0 Å². The number of esters is 1. The maximum atomic E-state index is 11.0. The van der Waals surface area contributed by atoms with Gasteiger partial charge in [-0.15, -0.1) is 0 Å². The number of carbonyl (C=O) groups is 1. The molecule has 136 valence electrons. The molecule has 1 N–H and O–H groups in total. The Bertz CT molecular complexity index is 255. The van der Waals surface area contributed by atoms with Gasteiger partial charge in [0.2, 0.25) is 0 Å². The van der Waals surface area contributed by atoms with Crippen LogP contribution >= 0.6 is 0 Å². The molecule has 1 unspecified atom stereocenters. The first-order valence-corrected chi connectivity index (χ1v) is 9.53. The molecule has 0 rings (SSSR count). The molecule has 0 aromatic carbocycles. The molecule has 0 saturated carbocycles. The molecular weight excluding hydrogens is 316 g/mol. The van der Waals surface area contributed by atoms with Crippen LogP contribution in [0.2, 0.25) is 0 Å². The average Bonchev–Trinajstić information content (AvgIpc) is 2.50. The van der Waals surface area contributed by atoms with Crippen LogP contribution in [0.3, 0.4) is 0 Å². The van der Waals surface area contributed by atoms with E-state index >= 15 is 0 Å². The first kappa shape index (κ1) is 25.9. The van der Waals surface area contributed by atoms with E-state index in [9.17, 15) is 4.79 Å². The summed E-state index contributed by atoms with van der Waals surface area (Å²) in [5.74, 6) is -0.505. The van der Waals surface area contributed by atoms with Gasteiger partial charge >= 0.3 is 43.7 Å². The smallest absolute Gasteiger partial charge is 1.00 e. The summed E-state index contributed by atoms with van der Waals surface area (Å²) >= 11 is 0. The predicted molar refractivity (Wildman–Crippen MR) is 101 cm³/mol. The molecule has 3 nitrogen and oxygen atoms in total. The summed E-state index contributed by atoms with van der Waals surface area (Å²) in [5.41, 5.74) is 0. The number of hydrogen-bond donors (Lipinski definition) is 1. The fourth-order valence-corrected chi connectivity index (χ4v) is 2.59. The molecule has 0 aliphatic heterocycles. The summed E-state index contributed by atoms with van der Waals surface area (Å²) in [6, 6.07) is 0. The van der Waals surface area contributed by atoms with Crippen molar-refractivity contribution in [2.45, 2.75) is 110 Å². The molecule has 0 radical (unpaired) electrons. The zero-order valence-corrected chi connectivity index (χ0v) is 17.9. The summed E-state index contributed by atoms with van der Waals surface area (Å²) in [4.78, 5) is 11.0. The van der Waals surface area contributed by atoms with Crippen LogP contribution in [-0.2, 0) is 9.53 Å². The number of aliphatic hydroxyl groups excluding tert-OH is 1. The molecule has 4 heteroatoms. The molecule has 0 aromatic rings. The van der Waals surface area contributed by atoms with Crippen LogP contribution in [0.5, 0.6) is 0 Å². The third-order valence-corrected chi connectivity index (χ3v) is 4.08. The topological polar surface area (TPSA) is 46.5 Å². The van der Waals surface area contributed by atoms with E-state index in [0.717, 1.165) is 12.8 Å². The van der Waals surface area contributed by atoms with Gasteiger partial charge in [-0.25, -0.2) is 4.79 Å². The van der Waals surface area contributed by atoms with Gasteiger partial charge in [-0.1, -0.05) is 90.4 Å². The Morgan fingerprint density at radius 2 is 1.17 bits per heavy atom. The molecule has 0 amide bonds. The summed E-state index contributed by atoms with van der Waals surface area (Å²) in [6.07, 6.45) is 17.5. The van der Waals surface area contributed by atoms with Gasteiger partial charge in [-0.2, -0.15) is 0 Å². The number of carbonyl (C=O) groups excluding carboxylic acids is 1. The number of aliphatic hydroxyl groups is 1. The minimum Gasteiger partial charge on any atom is -1.00 e. The number of rotatable bonds is 16. The van der Waals surface area contributed by atoms with Crippen LogP contribution in [-0.4, -0.2) is 61.5 Å². The monoisotopic (exact) mass is 356 g/mol. The van der Waals surface area contributed by atoms with E-state index in [0.29, 0.717) is 6.61 Å². The maximum Gasteiger partial charge on any atom is 2.00 e. The molecule has 0 saturated heterocycles. The van der Waals surface area contributed by atoms with E-state index in [2.05, 4.69) is 6.92 Å². The van der Waals surface area contributed by atoms with E-state index in [-0.39, 0.29) is 40.6 Å². The predicted octanol–water partition coefficient (Wildman–Crippen LogP) is 5.24. The standard InChI is InChI=1S/C19H38O3.Ca.2H/c1-3-4-5-6-7-8-9-10-11-12-13-14-15-16-17-22-19(21)18(2)20;;;/h18,20H,3-17H2,1-2H3;;;/q;+2;2*-1. The first-order chi connectivity index (χ1) is 10.7. The average molecular weight is 357 g/mol. The third kappa shape index (κ3) is 20.6. The Morgan fingerprint density at radius 3 is 1.52 bits per heavy atom. The van der Waals surface area contributed by atoms with E-state index in [1.54, 1.807) is 0 Å². The molecule has 23 heavy (non-hydrogen) atoms. The fraction of sp³-hybridized carbons (Fsp3) is 0.947. The van der Waals surface area contributed by atoms with Crippen molar-refractivity contribution in [1.82, 2.24) is 0 Å². The van der Waals surface area contributed by atoms with Gasteiger partial charge in [0.15, 0.2) is 0 Å². The number of ether oxygens (including phenoxy) is 1. The van der Waals surface area contributed by atoms with Crippen LogP contribution in [0.25, 0.3) is 0 Å². The number of unbranched alkanes of at least 4 members (excludes halogenated alkanes) is 13. The Morgan fingerprint density at radius 1 is 0.826 bits per heavy atom. The van der Waals surface area contributed by atoms with Crippen molar-refractivity contribution in [1.29, 1.82) is 0 Å². The Balaban J connectivity index is -0.000000735. The molecule has 0 heterocycles. The second kappa shape index (κ2) is 20.7. The second-order valence-corrected chi connectivity index (χ2v) is 6.44. The van der Waals surface area contributed by atoms with Gasteiger partial charge in [-0.05, 0) is 13.3 Å². The van der Waals surface area contributed by atoms with Crippen molar-refractivity contribution in [2.24, 2.45) is 0 Å². The van der Waals surface area contributed by atoms with Crippen LogP contribution in [0.1, 0.15) is 107 Å². The van der Waals surface area contributed by atoms with Crippen LogP contribution < -0.4 is 0 Å². The van der Waals surface area contributed by atoms with Crippen molar-refractivity contribution >= 4 is 43.7 Å². The molecule has 0 aromatic heterocycles. The minimum atomic E-state index is -0.994. The molecule has 0 bridgehead atoms. The van der Waals surface area contributed by atoms with Crippen molar-refractivity contribution in [2.75, 3.05) is 6.61 Å². The van der Waals surface area contributed by atoms with Crippen molar-refractivity contribution in [3.05, 3.63) is 0 Å². The van der Waals surface area contributed by atoms with Gasteiger partial charge in [0.1, 0.15) is 6.10 Å². The molecule has 0 spiro atoms. The van der Waals surface area contributed by atoms with Gasteiger partial charge < -0.3 is 12.7 Å². The van der Waals surface area contributed by atoms with Gasteiger partial charge in [0, 0.05) is 0 Å². The van der Waals surface area contributed by atoms with E-state index in [1.807, 2.05) is 0 Å². The molecule has 0 aliphatic rings. The van der Waals surface area contributed by atoms with Gasteiger partial charge in [0.05, 0.1) is 6.61 Å². The zero-order chi connectivity index (χ0) is 16.5. The summed E-state index contributed by atoms with van der Waals surface area (Å²) in [7, 11) is 0. The minimum absolute atomic E-state index is 0. The largest absolute Gasteiger partial charge is 2.00 e. The Labute approximate surface area is 176 Å². The van der Waals surface area contributed by atoms with Crippen molar-refractivity contribution < 1.29 is 17.5 Å². The second-order valence-electron chi connectivity index (χ2n) is 6.44. The van der Waals surface area contributed by atoms with Crippen molar-refractivity contribution in [3.8, 4) is 0 Å². The Kier molecular flexibility index (Phi) is 23.4. The molecule has 1 atom stereocenters. The first-order valence-electron chi connectivity index (χ1n) is 9.53. The zero-order valence-electron chi connectivity index (χ0n) is 17.7. The van der Waals surface area contributed by atoms with E-state index < -0.39 is 12.1 Å². The third-order valence-electron chi connectivity index (χ3n) is 4.08.